The van der Waals surface area contributed by atoms with E-state index in [-0.39, 0.29) is 55.1 Å². The van der Waals surface area contributed by atoms with E-state index < -0.39 is 5.97 Å². The number of hydrogen-bond donors (Lipinski definition) is 4. The maximum atomic E-state index is 11.2. The number of nitrogens with one attached hydrogen (secondary N) is 1. The molecule has 5 N–H and O–H groups in total. The summed E-state index contributed by atoms with van der Waals surface area (Å²) in [6.45, 7) is 8.41. The number of nitrogens with zero attached hydrogens (tertiary/aromatic N) is 4. The summed E-state index contributed by atoms with van der Waals surface area (Å²) in [5.74, 6) is -1.76. The number of aliphatic hydroxyl groups excluding tert-OH is 1. The molecular formula is C70H64Cl12N6O8. The van der Waals surface area contributed by atoms with Crippen molar-refractivity contribution < 1.29 is 38.9 Å². The third-order valence-corrected chi connectivity index (χ3v) is 16.9. The van der Waals surface area contributed by atoms with Gasteiger partial charge in [0.1, 0.15) is 17.3 Å². The number of halogens is 12. The Morgan fingerprint density at radius 3 is 1.30 bits per heavy atom. The zero-order valence-corrected chi connectivity index (χ0v) is 61.2. The fourth-order valence-electron chi connectivity index (χ4n) is 8.25. The molecule has 26 heteroatoms. The maximum absolute atomic E-state index is 11.2. The molecule has 0 radical (unpaired) electrons. The summed E-state index contributed by atoms with van der Waals surface area (Å²) in [5.41, 5.74) is 15.5. The molecule has 0 fully saturated rings. The molecule has 96 heavy (non-hydrogen) atoms. The van der Waals surface area contributed by atoms with Gasteiger partial charge in [0.15, 0.2) is 0 Å². The van der Waals surface area contributed by atoms with Crippen molar-refractivity contribution in [2.24, 2.45) is 0 Å². The van der Waals surface area contributed by atoms with E-state index in [2.05, 4.69) is 41.7 Å². The van der Waals surface area contributed by atoms with E-state index in [9.17, 15) is 19.2 Å². The second kappa shape index (κ2) is 42.4. The van der Waals surface area contributed by atoms with Gasteiger partial charge in [0.2, 0.25) is 0 Å². The van der Waals surface area contributed by atoms with Gasteiger partial charge in [-0.15, -0.1) is 0 Å². The normalized spacial score (nSPS) is 11.5. The minimum atomic E-state index is -0.903. The first-order valence-electron chi connectivity index (χ1n) is 28.6. The van der Waals surface area contributed by atoms with Crippen LogP contribution in [0.5, 0.6) is 0 Å². The van der Waals surface area contributed by atoms with Crippen molar-refractivity contribution >= 4 is 197 Å². The molecule has 0 aliphatic rings. The van der Waals surface area contributed by atoms with Crippen LogP contribution in [0.25, 0.3) is 22.1 Å². The third-order valence-electron chi connectivity index (χ3n) is 13.5. The van der Waals surface area contributed by atoms with Crippen LogP contribution in [0.3, 0.4) is 0 Å². The summed E-state index contributed by atoms with van der Waals surface area (Å²) in [4.78, 5) is 59.8. The second-order valence-corrected chi connectivity index (χ2v) is 25.6. The first-order chi connectivity index (χ1) is 45.6. The number of nitrogens with two attached hydrogens (primary N) is 1. The van der Waals surface area contributed by atoms with Gasteiger partial charge < -0.3 is 35.5 Å². The molecule has 0 amide bonds. The number of anilines is 2. The zero-order chi connectivity index (χ0) is 71.2. The molecule has 10 rings (SSSR count). The predicted molar refractivity (Wildman–Crippen MR) is 397 cm³/mol. The number of carboxylic acid groups (broad SMARTS) is 1. The molecule has 4 unspecified atom stereocenters. The van der Waals surface area contributed by atoms with E-state index in [0.717, 1.165) is 68.4 Å². The van der Waals surface area contributed by atoms with Gasteiger partial charge in [-0.1, -0.05) is 209 Å². The van der Waals surface area contributed by atoms with Crippen LogP contribution in [0.15, 0.2) is 170 Å². The highest BCUT2D eigenvalue weighted by atomic mass is 35.5. The Bertz CT molecular complexity index is 4200. The lowest BCUT2D eigenvalue weighted by molar-refractivity contribution is -0.142. The number of para-hydroxylation sites is 2. The summed E-state index contributed by atoms with van der Waals surface area (Å²) < 4.78 is 9.13. The number of aliphatic hydroxyl groups is 1. The summed E-state index contributed by atoms with van der Waals surface area (Å²) in [6.07, 6.45) is 7.65. The molecule has 0 bridgehead atoms. The van der Waals surface area contributed by atoms with Gasteiger partial charge in [0.05, 0.1) is 55.4 Å². The lowest BCUT2D eigenvalue weighted by atomic mass is 10.0. The van der Waals surface area contributed by atoms with Gasteiger partial charge in [0.25, 0.3) is 0 Å². The predicted octanol–water partition coefficient (Wildman–Crippen LogP) is 21.3. The van der Waals surface area contributed by atoms with Crippen molar-refractivity contribution in [1.82, 2.24) is 19.9 Å². The topological polar surface area (TPSA) is 217 Å². The Morgan fingerprint density at radius 1 is 0.490 bits per heavy atom. The number of carboxylic acids is 1. The molecule has 0 saturated heterocycles. The van der Waals surface area contributed by atoms with Gasteiger partial charge in [-0.05, 0) is 143 Å². The van der Waals surface area contributed by atoms with Crippen molar-refractivity contribution in [1.29, 1.82) is 0 Å². The van der Waals surface area contributed by atoms with Crippen molar-refractivity contribution in [2.45, 2.75) is 64.2 Å². The lowest BCUT2D eigenvalue weighted by Gasteiger charge is -2.16. The van der Waals surface area contributed by atoms with Crippen molar-refractivity contribution in [3.05, 3.63) is 264 Å². The van der Waals surface area contributed by atoms with E-state index >= 15 is 0 Å². The summed E-state index contributed by atoms with van der Waals surface area (Å²) in [5, 5.41) is 27.5. The van der Waals surface area contributed by atoms with Crippen LogP contribution in [0, 0.1) is 0 Å². The Kier molecular flexibility index (Phi) is 36.2. The first-order valence-corrected chi connectivity index (χ1v) is 33.1. The van der Waals surface area contributed by atoms with Gasteiger partial charge in [-0.3, -0.25) is 34.3 Å². The van der Waals surface area contributed by atoms with E-state index in [4.69, 9.17) is 155 Å². The van der Waals surface area contributed by atoms with Gasteiger partial charge >= 0.3 is 17.9 Å². The summed E-state index contributed by atoms with van der Waals surface area (Å²) in [7, 11) is 2.69. The average Bonchev–Trinajstić information content (AvgIpc) is 0.921. The first kappa shape index (κ1) is 82.0. The molecule has 4 atom stereocenters. The molecule has 0 aliphatic carbocycles. The number of nitrogen functional groups attached to an aromatic ring is 1. The molecule has 0 spiro atoms. The zero-order valence-electron chi connectivity index (χ0n) is 52.1. The number of aldehydes is 1. The molecule has 14 nitrogen and oxygen atoms in total. The number of ether oxygens (including phenoxy) is 2. The highest BCUT2D eigenvalue weighted by molar-refractivity contribution is 6.38. The van der Waals surface area contributed by atoms with Crippen LogP contribution in [0.1, 0.15) is 84.7 Å². The Labute approximate surface area is 617 Å². The number of hydrogen-bond acceptors (Lipinski definition) is 13. The van der Waals surface area contributed by atoms with Crippen molar-refractivity contribution in [2.75, 3.05) is 38.4 Å². The molecule has 10 aromatic rings. The molecular weight excluding hydrogens is 1480 g/mol. The Balaban J connectivity index is 0.000000242. The number of esters is 2. The number of fused-ring (bicyclic) bond motifs is 2. The monoisotopic (exact) mass is 1540 g/mol. The summed E-state index contributed by atoms with van der Waals surface area (Å²) >= 11 is 69.9. The molecule has 0 saturated carbocycles. The number of aliphatic carboxylic acids is 1. The average molecular weight is 1540 g/mol. The fraction of sp³-hybridized carbons (Fsp3) is 0.200. The van der Waals surface area contributed by atoms with Gasteiger partial charge in [-0.2, -0.15) is 0 Å². The van der Waals surface area contributed by atoms with Crippen LogP contribution in [-0.4, -0.2) is 81.7 Å². The smallest absolute Gasteiger partial charge is 0.312 e. The largest absolute Gasteiger partial charge is 0.481 e. The SMILES string of the molecule is CC(C=O)c1ccc(Cl)cc1Cl.CC(CNc1cccc2nccnc12)c1ccc(Cl)cc1Cl.CC(CO)c1ccc(Cl)cc1Cl.COC(=O)C(C)c1ccc(Cl)cc1Cl.COC(=O)Cc1ccc(Cl)cc1Cl.Nc1cccc2nccnc12.O=C(O)Cc1ccc(Cl)cc1Cl. The Morgan fingerprint density at radius 2 is 0.885 bits per heavy atom. The number of benzene rings is 8. The molecule has 506 valence electrons. The van der Waals surface area contributed by atoms with Crippen molar-refractivity contribution in [3.63, 3.8) is 0 Å². The van der Waals surface area contributed by atoms with Crippen LogP contribution in [0.2, 0.25) is 60.3 Å². The van der Waals surface area contributed by atoms with Gasteiger partial charge in [-0.25, -0.2) is 0 Å². The number of carbonyl (C=O) groups is 4. The molecule has 2 heterocycles. The summed E-state index contributed by atoms with van der Waals surface area (Å²) in [6, 6.07) is 42.3. The Hall–Kier alpha value is -6.44. The highest BCUT2D eigenvalue weighted by Gasteiger charge is 2.19. The molecule has 8 aromatic carbocycles. The standard InChI is InChI=1S/C17H15Cl2N3.C10H10Cl2O2.C9H8Cl2O2.C9H10Cl2O.C9H8Cl2O.C8H6Cl2O2.C8H7N3/c1-11(13-6-5-12(18)9-14(13)19)10-22-16-4-2-3-15-17(16)21-8-7-20-15;1-6(10(13)14-2)8-4-3-7(11)5-9(8)12;1-13-9(12)4-6-2-3-7(10)5-8(6)11;2*1-6(5-12)8-3-2-7(10)4-9(8)11;9-6-2-1-5(3-8(11)12)7(10)4-6;9-6-2-1-3-7-8(6)11-5-4-10-7/h2-9,11,22H,10H2,1H3;3-6H,1-2H3;2-3,5H,4H2,1H3;2-4,6,12H,5H2,1H3;2-6H,1H3;1-2,4H,3H2,(H,11,12);1-5H,9H2. The van der Waals surface area contributed by atoms with Crippen molar-refractivity contribution in [3.8, 4) is 0 Å². The van der Waals surface area contributed by atoms with Gasteiger partial charge in [0, 0.05) is 110 Å². The van der Waals surface area contributed by atoms with Crippen LogP contribution in [-0.2, 0) is 41.5 Å². The van der Waals surface area contributed by atoms with E-state index in [1.54, 1.807) is 124 Å². The molecule has 0 aliphatic heterocycles. The van der Waals surface area contributed by atoms with E-state index in [1.807, 2.05) is 61.5 Å². The van der Waals surface area contributed by atoms with Crippen LogP contribution < -0.4 is 11.1 Å². The third kappa shape index (κ3) is 27.5. The van der Waals surface area contributed by atoms with Crippen LogP contribution in [0.4, 0.5) is 11.4 Å². The second-order valence-electron chi connectivity index (χ2n) is 20.5. The van der Waals surface area contributed by atoms with Crippen LogP contribution >= 0.6 is 139 Å². The quantitative estimate of drug-likeness (QED) is 0.0453. The number of aromatic nitrogens is 4. The molecule has 2 aromatic heterocycles. The minimum Gasteiger partial charge on any atom is -0.481 e. The maximum Gasteiger partial charge on any atom is 0.312 e. The van der Waals surface area contributed by atoms with E-state index in [0.29, 0.717) is 71.5 Å². The highest BCUT2D eigenvalue weighted by Crippen LogP contribution is 2.32. The van der Waals surface area contributed by atoms with E-state index in [1.165, 1.54) is 20.3 Å². The number of carbonyl (C=O) groups excluding carboxylic acids is 3. The number of methoxy groups -OCH3 is 2. The fourth-order valence-corrected chi connectivity index (χ4v) is 11.5. The lowest BCUT2D eigenvalue weighted by Crippen LogP contribution is -2.11. The minimum absolute atomic E-state index is 0.0646. The number of rotatable bonds is 14.